The molecule has 0 bridgehead atoms. The van der Waals surface area contributed by atoms with E-state index in [1.807, 2.05) is 10.6 Å². The molecule has 0 radical (unpaired) electrons. The number of nitrogens with one attached hydrogen (secondary N) is 3. The molecule has 2 fully saturated rings. The summed E-state index contributed by atoms with van der Waals surface area (Å²) >= 11 is 11.8. The molecular formula is C35H30Cl2F12N8O4S. The molecule has 27 heteroatoms. The normalized spacial score (nSPS) is 15.3. The summed E-state index contributed by atoms with van der Waals surface area (Å²) in [5.74, 6) is -10.3. The van der Waals surface area contributed by atoms with Crippen LogP contribution in [0.3, 0.4) is 0 Å². The number of anilines is 3. The van der Waals surface area contributed by atoms with Crippen LogP contribution < -0.4 is 20.9 Å². The summed E-state index contributed by atoms with van der Waals surface area (Å²) in [6.45, 7) is 2.52. The number of nitrogens with zero attached hydrogens (tertiary/aromatic N) is 5. The molecule has 2 amide bonds. The minimum absolute atomic E-state index is 0.186. The predicted octanol–water partition coefficient (Wildman–Crippen LogP) is 8.58. The SMILES string of the molecule is C[C@H](Nc1nc(N2CCCC2=O)nc(Cl)c1-c1c(F)cc(F)cc1F)C(F)(F)F.C[C@H](Nc1nc(S(C)(=O)=O)nc(Cl)c1-c1c(F)cc(F)cc1F)C(F)(F)F.O=C1CCCN1. The summed E-state index contributed by atoms with van der Waals surface area (Å²) in [6.07, 6.45) is -6.44. The average molecular weight is 958 g/mol. The number of rotatable bonds is 8. The van der Waals surface area contributed by atoms with Gasteiger partial charge in [-0.1, -0.05) is 23.2 Å². The van der Waals surface area contributed by atoms with Crippen molar-refractivity contribution < 1.29 is 70.7 Å². The first-order valence-corrected chi connectivity index (χ1v) is 20.1. The Kier molecular flexibility index (Phi) is 15.5. The van der Waals surface area contributed by atoms with E-state index in [9.17, 15) is 70.7 Å². The molecule has 338 valence electrons. The van der Waals surface area contributed by atoms with Crippen LogP contribution in [0, 0.1) is 34.9 Å². The Bertz CT molecular complexity index is 2410. The maximum absolute atomic E-state index is 14.3. The number of aromatic nitrogens is 4. The number of hydrogen-bond acceptors (Lipinski definition) is 10. The lowest BCUT2D eigenvalue weighted by Gasteiger charge is -2.22. The maximum atomic E-state index is 14.3. The Balaban J connectivity index is 0.000000240. The fourth-order valence-electron chi connectivity index (χ4n) is 5.34. The number of carbonyl (C=O) groups is 2. The Morgan fingerprint density at radius 1 is 0.677 bits per heavy atom. The molecule has 2 saturated heterocycles. The van der Waals surface area contributed by atoms with Crippen LogP contribution in [0.5, 0.6) is 0 Å². The second-order valence-electron chi connectivity index (χ2n) is 13.2. The smallest absolute Gasteiger partial charge is 0.358 e. The predicted molar refractivity (Wildman–Crippen MR) is 200 cm³/mol. The summed E-state index contributed by atoms with van der Waals surface area (Å²) in [6, 6.07) is -3.22. The molecule has 4 aromatic rings. The largest absolute Gasteiger partial charge is 0.408 e. The van der Waals surface area contributed by atoms with Gasteiger partial charge in [0, 0.05) is 56.5 Å². The molecule has 12 nitrogen and oxygen atoms in total. The summed E-state index contributed by atoms with van der Waals surface area (Å²) in [5, 5.41) is 4.11. The van der Waals surface area contributed by atoms with Gasteiger partial charge >= 0.3 is 12.4 Å². The van der Waals surface area contributed by atoms with Gasteiger partial charge in [-0.05, 0) is 26.7 Å². The first kappa shape index (κ1) is 49.5. The molecule has 2 aliphatic rings. The topological polar surface area (TPSA) is 159 Å². The summed E-state index contributed by atoms with van der Waals surface area (Å²) < 4.78 is 184. The van der Waals surface area contributed by atoms with E-state index >= 15 is 0 Å². The van der Waals surface area contributed by atoms with Crippen molar-refractivity contribution in [2.75, 3.05) is 34.9 Å². The van der Waals surface area contributed by atoms with Gasteiger partial charge in [0.2, 0.25) is 32.8 Å². The van der Waals surface area contributed by atoms with Crippen molar-refractivity contribution in [2.45, 2.75) is 69.1 Å². The molecule has 2 atom stereocenters. The highest BCUT2D eigenvalue weighted by Crippen LogP contribution is 2.41. The molecule has 0 spiro atoms. The molecule has 0 aliphatic carbocycles. The quantitative estimate of drug-likeness (QED) is 0.0888. The first-order chi connectivity index (χ1) is 28.6. The minimum atomic E-state index is -4.81. The molecular weight excluding hydrogens is 927 g/mol. The monoisotopic (exact) mass is 956 g/mol. The van der Waals surface area contributed by atoms with E-state index in [0.29, 0.717) is 31.7 Å². The second-order valence-corrected chi connectivity index (χ2v) is 15.9. The van der Waals surface area contributed by atoms with Crippen LogP contribution in [0.2, 0.25) is 10.3 Å². The molecule has 0 saturated carbocycles. The Hall–Kier alpha value is -5.17. The number of benzene rings is 2. The highest BCUT2D eigenvalue weighted by atomic mass is 35.5. The van der Waals surface area contributed by atoms with Crippen molar-refractivity contribution in [3.8, 4) is 22.3 Å². The molecule has 3 N–H and O–H groups in total. The third kappa shape index (κ3) is 12.3. The third-order valence-electron chi connectivity index (χ3n) is 8.45. The first-order valence-electron chi connectivity index (χ1n) is 17.5. The Morgan fingerprint density at radius 2 is 1.11 bits per heavy atom. The fourth-order valence-corrected chi connectivity index (χ4v) is 6.42. The molecule has 0 unspecified atom stereocenters. The highest BCUT2D eigenvalue weighted by molar-refractivity contribution is 7.90. The van der Waals surface area contributed by atoms with Crippen LogP contribution in [0.15, 0.2) is 29.4 Å². The molecule has 62 heavy (non-hydrogen) atoms. The van der Waals surface area contributed by atoms with Crippen LogP contribution in [0.4, 0.5) is 70.3 Å². The molecule has 2 aromatic heterocycles. The van der Waals surface area contributed by atoms with Crippen LogP contribution in [-0.2, 0) is 19.4 Å². The summed E-state index contributed by atoms with van der Waals surface area (Å²) in [4.78, 5) is 37.7. The maximum Gasteiger partial charge on any atom is 0.408 e. The lowest BCUT2D eigenvalue weighted by molar-refractivity contribution is -0.139. The lowest BCUT2D eigenvalue weighted by atomic mass is 10.1. The van der Waals surface area contributed by atoms with Gasteiger partial charge < -0.3 is 16.0 Å². The zero-order chi connectivity index (χ0) is 46.6. The van der Waals surface area contributed by atoms with E-state index in [2.05, 4.69) is 25.3 Å². The van der Waals surface area contributed by atoms with E-state index in [-0.39, 0.29) is 42.9 Å². The van der Waals surface area contributed by atoms with E-state index in [1.54, 1.807) is 0 Å². The van der Waals surface area contributed by atoms with Crippen molar-refractivity contribution in [2.24, 2.45) is 0 Å². The molecule has 6 rings (SSSR count). The van der Waals surface area contributed by atoms with Crippen LogP contribution >= 0.6 is 23.2 Å². The third-order valence-corrected chi connectivity index (χ3v) is 9.84. The molecule has 2 aliphatic heterocycles. The van der Waals surface area contributed by atoms with Gasteiger partial charge in [-0.2, -0.15) is 36.3 Å². The molecule has 4 heterocycles. The number of halogens is 14. The van der Waals surface area contributed by atoms with Gasteiger partial charge in [-0.25, -0.2) is 44.7 Å². The average Bonchev–Trinajstić information content (AvgIpc) is 3.79. The van der Waals surface area contributed by atoms with Gasteiger partial charge in [-0.3, -0.25) is 14.5 Å². The highest BCUT2D eigenvalue weighted by Gasteiger charge is 2.39. The summed E-state index contributed by atoms with van der Waals surface area (Å²) in [5.41, 5.74) is -3.31. The summed E-state index contributed by atoms with van der Waals surface area (Å²) in [7, 11) is -4.12. The number of hydrogen-bond donors (Lipinski definition) is 3. The van der Waals surface area contributed by atoms with E-state index < -0.39 is 119 Å². The second kappa shape index (κ2) is 19.5. The lowest BCUT2D eigenvalue weighted by Crippen LogP contribution is -2.34. The number of amides is 2. The van der Waals surface area contributed by atoms with Crippen molar-refractivity contribution in [3.05, 3.63) is 69.5 Å². The van der Waals surface area contributed by atoms with Crippen molar-refractivity contribution in [1.82, 2.24) is 25.3 Å². The number of alkyl halides is 6. The van der Waals surface area contributed by atoms with E-state index in [1.165, 1.54) is 0 Å². The minimum Gasteiger partial charge on any atom is -0.358 e. The standard InChI is InChI=1S/C17H13ClF6N4O.C14H10ClF6N3O2S.C4H7NO/c1-7(17(22,23)24)25-15-13(12-9(20)5-8(19)6-10(12)21)14(18)26-16(27-15)28-4-2-3-11(28)29;1-5(14(19,20)21)22-12-10(9-7(17)3-6(16)4-8(9)18)11(15)23-13(24-12)27(2,25)26;6-4-2-1-3-5-4/h5-7H,2-4H2,1H3,(H,25,26,27);3-5H,1-2H3,(H,22,23,24);1-3H2,(H,5,6)/t7-;5-;/m00./s1. The Labute approximate surface area is 353 Å². The van der Waals surface area contributed by atoms with Gasteiger partial charge in [0.15, 0.2) is 0 Å². The zero-order valence-corrected chi connectivity index (χ0v) is 34.1. The van der Waals surface area contributed by atoms with Crippen LogP contribution in [-0.4, -0.2) is 83.9 Å². The Morgan fingerprint density at radius 3 is 1.45 bits per heavy atom. The van der Waals surface area contributed by atoms with Crippen molar-refractivity contribution in [3.63, 3.8) is 0 Å². The van der Waals surface area contributed by atoms with Gasteiger partial charge in [0.1, 0.15) is 68.9 Å². The van der Waals surface area contributed by atoms with Gasteiger partial charge in [0.05, 0.1) is 22.3 Å². The number of carbonyl (C=O) groups excluding carboxylic acids is 2. The van der Waals surface area contributed by atoms with Crippen LogP contribution in [0.1, 0.15) is 39.5 Å². The van der Waals surface area contributed by atoms with Gasteiger partial charge in [-0.15, -0.1) is 0 Å². The van der Waals surface area contributed by atoms with Gasteiger partial charge in [0.25, 0.3) is 0 Å². The van der Waals surface area contributed by atoms with E-state index in [0.717, 1.165) is 31.2 Å². The van der Waals surface area contributed by atoms with Crippen LogP contribution in [0.25, 0.3) is 22.3 Å². The zero-order valence-electron chi connectivity index (χ0n) is 31.8. The molecule has 2 aromatic carbocycles. The van der Waals surface area contributed by atoms with Crippen molar-refractivity contribution >= 4 is 62.4 Å². The number of sulfone groups is 1. The van der Waals surface area contributed by atoms with Crippen molar-refractivity contribution in [1.29, 1.82) is 0 Å². The van der Waals surface area contributed by atoms with E-state index in [4.69, 9.17) is 23.2 Å². The fraction of sp³-hybridized carbons (Fsp3) is 0.371.